The summed E-state index contributed by atoms with van der Waals surface area (Å²) < 4.78 is 1.61. The molecule has 0 saturated heterocycles. The number of carbonyl (C=O) groups is 1. The van der Waals surface area contributed by atoms with E-state index in [1.807, 2.05) is 31.2 Å². The first kappa shape index (κ1) is 11.5. The molecule has 0 radical (unpaired) electrons. The monoisotopic (exact) mass is 229 g/mol. The van der Waals surface area contributed by atoms with Gasteiger partial charge in [0.1, 0.15) is 5.78 Å². The number of aryl methyl sites for hydroxylation is 2. The third kappa shape index (κ3) is 3.00. The molecule has 0 N–H and O–H groups in total. The second-order valence-electron chi connectivity index (χ2n) is 4.20. The second-order valence-corrected chi connectivity index (χ2v) is 4.20. The summed E-state index contributed by atoms with van der Waals surface area (Å²) in [7, 11) is 1.79. The molecule has 1 heterocycles. The van der Waals surface area contributed by atoms with Gasteiger partial charge in [-0.15, -0.1) is 5.10 Å². The van der Waals surface area contributed by atoms with Crippen LogP contribution in [0, 0.1) is 6.92 Å². The molecular weight excluding hydrogens is 214 g/mol. The number of carbonyl (C=O) groups excluding carboxylic acids is 1. The fourth-order valence-corrected chi connectivity index (χ4v) is 1.76. The van der Waals surface area contributed by atoms with Crippen molar-refractivity contribution in [3.63, 3.8) is 0 Å². The minimum atomic E-state index is 0.166. The predicted molar refractivity (Wildman–Crippen MR) is 64.6 cm³/mol. The quantitative estimate of drug-likeness (QED) is 0.797. The Morgan fingerprint density at radius 1 is 1.29 bits per heavy atom. The molecule has 17 heavy (non-hydrogen) atoms. The van der Waals surface area contributed by atoms with Crippen LogP contribution in [-0.2, 0) is 24.7 Å². The largest absolute Gasteiger partial charge is 0.299 e. The third-order valence-electron chi connectivity index (χ3n) is 2.68. The maximum Gasteiger partial charge on any atom is 0.143 e. The molecule has 1 aromatic carbocycles. The summed E-state index contributed by atoms with van der Waals surface area (Å²) in [4.78, 5) is 11.9. The van der Waals surface area contributed by atoms with Gasteiger partial charge in [-0.3, -0.25) is 9.48 Å². The topological polar surface area (TPSA) is 47.8 Å². The lowest BCUT2D eigenvalue weighted by Gasteiger charge is -2.03. The van der Waals surface area contributed by atoms with Crippen LogP contribution in [0.4, 0.5) is 0 Å². The lowest BCUT2D eigenvalue weighted by atomic mass is 10.0. The molecule has 0 fully saturated rings. The van der Waals surface area contributed by atoms with Crippen molar-refractivity contribution in [2.45, 2.75) is 19.8 Å². The van der Waals surface area contributed by atoms with Crippen molar-refractivity contribution in [1.29, 1.82) is 0 Å². The Bertz CT molecular complexity index is 531. The van der Waals surface area contributed by atoms with Crippen LogP contribution in [0.25, 0.3) is 0 Å². The Morgan fingerprint density at radius 2 is 2.06 bits per heavy atom. The number of benzene rings is 1. The average Bonchev–Trinajstić information content (AvgIpc) is 2.67. The van der Waals surface area contributed by atoms with Gasteiger partial charge in [0.05, 0.1) is 12.1 Å². The Balaban J connectivity index is 2.01. The van der Waals surface area contributed by atoms with Gasteiger partial charge in [-0.1, -0.05) is 29.5 Å². The van der Waals surface area contributed by atoms with Crippen LogP contribution in [0.5, 0.6) is 0 Å². The van der Waals surface area contributed by atoms with Crippen molar-refractivity contribution in [2.75, 3.05) is 0 Å². The van der Waals surface area contributed by atoms with E-state index in [-0.39, 0.29) is 5.78 Å². The molecular formula is C13H15N3O. The Hall–Kier alpha value is -1.97. The van der Waals surface area contributed by atoms with Gasteiger partial charge in [0, 0.05) is 19.7 Å². The van der Waals surface area contributed by atoms with E-state index in [2.05, 4.69) is 10.3 Å². The molecule has 0 aliphatic rings. The van der Waals surface area contributed by atoms with Crippen molar-refractivity contribution in [3.05, 3.63) is 47.3 Å². The van der Waals surface area contributed by atoms with Gasteiger partial charge in [-0.25, -0.2) is 0 Å². The summed E-state index contributed by atoms with van der Waals surface area (Å²) in [5, 5.41) is 7.72. The molecule has 0 spiro atoms. The van der Waals surface area contributed by atoms with Gasteiger partial charge in [0.25, 0.3) is 0 Å². The second kappa shape index (κ2) is 4.91. The normalized spacial score (nSPS) is 10.5. The zero-order valence-electron chi connectivity index (χ0n) is 10.1. The van der Waals surface area contributed by atoms with Crippen LogP contribution in [0.3, 0.4) is 0 Å². The molecule has 4 nitrogen and oxygen atoms in total. The first-order valence-corrected chi connectivity index (χ1v) is 5.56. The van der Waals surface area contributed by atoms with Crippen LogP contribution in [0.1, 0.15) is 16.8 Å². The minimum Gasteiger partial charge on any atom is -0.299 e. The van der Waals surface area contributed by atoms with Crippen LogP contribution in [0.15, 0.2) is 30.5 Å². The zero-order valence-corrected chi connectivity index (χ0v) is 10.1. The summed E-state index contributed by atoms with van der Waals surface area (Å²) in [5.41, 5.74) is 2.97. The lowest BCUT2D eigenvalue weighted by molar-refractivity contribution is -0.117. The highest BCUT2D eigenvalue weighted by atomic mass is 16.1. The van der Waals surface area contributed by atoms with E-state index in [4.69, 9.17) is 0 Å². The number of ketones is 1. The molecule has 0 aliphatic heterocycles. The van der Waals surface area contributed by atoms with E-state index in [1.54, 1.807) is 17.9 Å². The van der Waals surface area contributed by atoms with Crippen LogP contribution in [-0.4, -0.2) is 20.8 Å². The van der Waals surface area contributed by atoms with Crippen LogP contribution in [0.2, 0.25) is 0 Å². The van der Waals surface area contributed by atoms with Crippen LogP contribution < -0.4 is 0 Å². The number of hydrogen-bond donors (Lipinski definition) is 0. The maximum atomic E-state index is 11.9. The first-order chi connectivity index (χ1) is 8.15. The van der Waals surface area contributed by atoms with Gasteiger partial charge in [-0.2, -0.15) is 0 Å². The number of rotatable bonds is 4. The van der Waals surface area contributed by atoms with E-state index in [1.165, 1.54) is 0 Å². The number of aromatic nitrogens is 3. The molecule has 2 rings (SSSR count). The summed E-state index contributed by atoms with van der Waals surface area (Å²) >= 11 is 0. The number of hydrogen-bond acceptors (Lipinski definition) is 3. The Morgan fingerprint density at radius 3 is 2.71 bits per heavy atom. The summed E-state index contributed by atoms with van der Waals surface area (Å²) in [5.74, 6) is 0.166. The van der Waals surface area contributed by atoms with Gasteiger partial charge >= 0.3 is 0 Å². The van der Waals surface area contributed by atoms with E-state index in [9.17, 15) is 4.79 Å². The average molecular weight is 229 g/mol. The highest BCUT2D eigenvalue weighted by Crippen LogP contribution is 2.09. The summed E-state index contributed by atoms with van der Waals surface area (Å²) in [6.07, 6.45) is 2.58. The highest BCUT2D eigenvalue weighted by molar-refractivity contribution is 5.82. The van der Waals surface area contributed by atoms with Gasteiger partial charge in [0.2, 0.25) is 0 Å². The van der Waals surface area contributed by atoms with Crippen molar-refractivity contribution in [2.24, 2.45) is 7.05 Å². The van der Waals surface area contributed by atoms with Crippen molar-refractivity contribution >= 4 is 5.78 Å². The van der Waals surface area contributed by atoms with Crippen LogP contribution >= 0.6 is 0 Å². The van der Waals surface area contributed by atoms with Gasteiger partial charge < -0.3 is 0 Å². The molecule has 88 valence electrons. The van der Waals surface area contributed by atoms with E-state index in [0.29, 0.717) is 12.8 Å². The Labute approximate surface area is 100 Å². The smallest absolute Gasteiger partial charge is 0.143 e. The molecule has 2 aromatic rings. The van der Waals surface area contributed by atoms with E-state index < -0.39 is 0 Å². The van der Waals surface area contributed by atoms with Crippen molar-refractivity contribution in [3.8, 4) is 0 Å². The number of nitrogens with zero attached hydrogens (tertiary/aromatic N) is 3. The predicted octanol–water partition coefficient (Wildman–Crippen LogP) is 1.48. The first-order valence-electron chi connectivity index (χ1n) is 5.56. The van der Waals surface area contributed by atoms with Crippen molar-refractivity contribution in [1.82, 2.24) is 15.0 Å². The molecule has 1 aromatic heterocycles. The fraction of sp³-hybridized carbons (Fsp3) is 0.308. The maximum absolute atomic E-state index is 11.9. The summed E-state index contributed by atoms with van der Waals surface area (Å²) in [6, 6.07) is 7.94. The van der Waals surface area contributed by atoms with E-state index >= 15 is 0 Å². The zero-order chi connectivity index (χ0) is 12.3. The minimum absolute atomic E-state index is 0.166. The van der Waals surface area contributed by atoms with E-state index in [0.717, 1.165) is 16.8 Å². The summed E-state index contributed by atoms with van der Waals surface area (Å²) in [6.45, 7) is 2.02. The van der Waals surface area contributed by atoms with Gasteiger partial charge in [-0.05, 0) is 18.1 Å². The number of Topliss-reactive ketones (excluding diaryl/α,β-unsaturated/α-hetero) is 1. The molecule has 0 amide bonds. The molecule has 4 heteroatoms. The highest BCUT2D eigenvalue weighted by Gasteiger charge is 2.09. The molecule has 0 unspecified atom stereocenters. The SMILES string of the molecule is Cc1ccccc1CC(=O)Cc1cn(C)nn1. The standard InChI is InChI=1S/C13H15N3O/c1-10-5-3-4-6-11(10)7-13(17)8-12-9-16(2)15-14-12/h3-6,9H,7-8H2,1-2H3. The Kier molecular flexibility index (Phi) is 3.32. The molecule has 0 aliphatic carbocycles. The fourth-order valence-electron chi connectivity index (χ4n) is 1.76. The van der Waals surface area contributed by atoms with Gasteiger partial charge in [0.15, 0.2) is 0 Å². The molecule has 0 atom stereocenters. The molecule has 0 saturated carbocycles. The molecule has 0 bridgehead atoms. The lowest BCUT2D eigenvalue weighted by Crippen LogP contribution is -2.07. The van der Waals surface area contributed by atoms with Crippen molar-refractivity contribution < 1.29 is 4.79 Å². The third-order valence-corrected chi connectivity index (χ3v) is 2.68.